The topological polar surface area (TPSA) is 112 Å². The van der Waals surface area contributed by atoms with Gasteiger partial charge in [-0.15, -0.1) is 0 Å². The fourth-order valence-electron chi connectivity index (χ4n) is 3.26. The highest BCUT2D eigenvalue weighted by Gasteiger charge is 2.16. The Balaban J connectivity index is 1.92. The van der Waals surface area contributed by atoms with Gasteiger partial charge in [0.1, 0.15) is 11.3 Å². The van der Waals surface area contributed by atoms with Crippen LogP contribution < -0.4 is 5.56 Å². The second-order valence-corrected chi connectivity index (χ2v) is 7.10. The van der Waals surface area contributed by atoms with Gasteiger partial charge in [0, 0.05) is 28.1 Å². The Morgan fingerprint density at radius 2 is 1.71 bits per heavy atom. The summed E-state index contributed by atoms with van der Waals surface area (Å²) in [6.45, 7) is 0. The van der Waals surface area contributed by atoms with E-state index in [-0.39, 0.29) is 22.7 Å². The van der Waals surface area contributed by atoms with Gasteiger partial charge in [-0.3, -0.25) is 9.79 Å². The van der Waals surface area contributed by atoms with Crippen molar-refractivity contribution in [1.29, 1.82) is 0 Å². The van der Waals surface area contributed by atoms with Crippen molar-refractivity contribution in [3.63, 3.8) is 0 Å². The zero-order chi connectivity index (χ0) is 22.1. The quantitative estimate of drug-likeness (QED) is 0.409. The first-order valence-electron chi connectivity index (χ1n) is 9.10. The first-order chi connectivity index (χ1) is 14.9. The molecule has 0 aliphatic carbocycles. The largest absolute Gasteiger partial charge is 0.507 e. The van der Waals surface area contributed by atoms with Crippen LogP contribution in [0.15, 0.2) is 76.5 Å². The van der Waals surface area contributed by atoms with E-state index in [2.05, 4.69) is 4.99 Å². The molecule has 4 aromatic rings. The Morgan fingerprint density at radius 3 is 2.39 bits per heavy atom. The monoisotopic (exact) mass is 434 g/mol. The van der Waals surface area contributed by atoms with Crippen molar-refractivity contribution >= 4 is 40.2 Å². The maximum Gasteiger partial charge on any atom is 0.339 e. The van der Waals surface area contributed by atoms with Gasteiger partial charge >= 0.3 is 5.97 Å². The number of nitrogens with zero attached hydrogens (tertiary/aromatic N) is 2. The smallest absolute Gasteiger partial charge is 0.339 e. The second-order valence-electron chi connectivity index (χ2n) is 6.67. The van der Waals surface area contributed by atoms with E-state index in [1.165, 1.54) is 24.4 Å². The number of benzene rings is 3. The summed E-state index contributed by atoms with van der Waals surface area (Å²) in [6.07, 6.45) is 1.35. The van der Waals surface area contributed by atoms with Crippen LogP contribution in [0.3, 0.4) is 0 Å². The maximum atomic E-state index is 13.1. The summed E-state index contributed by atoms with van der Waals surface area (Å²) in [5, 5.41) is 31.1. The van der Waals surface area contributed by atoms with Crippen molar-refractivity contribution in [2.45, 2.75) is 0 Å². The molecule has 0 amide bonds. The molecular weight excluding hydrogens is 420 g/mol. The zero-order valence-electron chi connectivity index (χ0n) is 15.9. The number of halogens is 1. The highest BCUT2D eigenvalue weighted by Crippen LogP contribution is 2.28. The molecule has 0 spiro atoms. The van der Waals surface area contributed by atoms with E-state index in [1.54, 1.807) is 48.5 Å². The summed E-state index contributed by atoms with van der Waals surface area (Å²) in [4.78, 5) is 28.4. The first kappa shape index (κ1) is 20.2. The molecule has 7 nitrogen and oxygen atoms in total. The molecule has 31 heavy (non-hydrogen) atoms. The Bertz CT molecular complexity index is 1430. The molecule has 3 aromatic carbocycles. The van der Waals surface area contributed by atoms with E-state index in [9.17, 15) is 19.8 Å². The number of hydrogen-bond acceptors (Lipinski definition) is 5. The van der Waals surface area contributed by atoms with Gasteiger partial charge in [-0.25, -0.2) is 9.36 Å². The lowest BCUT2D eigenvalue weighted by Gasteiger charge is -2.14. The summed E-state index contributed by atoms with van der Waals surface area (Å²) in [5.74, 6) is -2.02. The molecule has 1 aromatic heterocycles. The van der Waals surface area contributed by atoms with Crippen LogP contribution in [-0.2, 0) is 0 Å². The molecule has 0 atom stereocenters. The predicted molar refractivity (Wildman–Crippen MR) is 119 cm³/mol. The molecule has 3 N–H and O–H groups in total. The molecule has 0 radical (unpaired) electrons. The molecule has 0 aliphatic heterocycles. The predicted octanol–water partition coefficient (Wildman–Crippen LogP) is 4.50. The molecule has 154 valence electrons. The number of carboxylic acids is 1. The number of aromatic hydroxyl groups is 2. The third-order valence-corrected chi connectivity index (χ3v) is 4.96. The van der Waals surface area contributed by atoms with Gasteiger partial charge in [-0.05, 0) is 36.4 Å². The summed E-state index contributed by atoms with van der Waals surface area (Å²) in [6, 6.07) is 17.2. The van der Waals surface area contributed by atoms with E-state index in [0.717, 1.165) is 4.57 Å². The minimum Gasteiger partial charge on any atom is -0.507 e. The van der Waals surface area contributed by atoms with Crippen LogP contribution in [0.2, 0.25) is 5.02 Å². The Labute approximate surface area is 180 Å². The number of aromatic nitrogens is 1. The molecule has 0 bridgehead atoms. The van der Waals surface area contributed by atoms with E-state index >= 15 is 0 Å². The van der Waals surface area contributed by atoms with Crippen molar-refractivity contribution < 1.29 is 20.1 Å². The number of pyridine rings is 1. The Kier molecular flexibility index (Phi) is 5.19. The summed E-state index contributed by atoms with van der Waals surface area (Å²) in [5.41, 5.74) is 0.264. The van der Waals surface area contributed by atoms with Gasteiger partial charge in [0.2, 0.25) is 5.88 Å². The van der Waals surface area contributed by atoms with Crippen molar-refractivity contribution in [2.24, 2.45) is 4.99 Å². The maximum absolute atomic E-state index is 13.1. The highest BCUT2D eigenvalue weighted by atomic mass is 35.5. The lowest BCUT2D eigenvalue weighted by molar-refractivity contribution is 0.0694. The highest BCUT2D eigenvalue weighted by molar-refractivity contribution is 6.30. The molecule has 0 aliphatic rings. The van der Waals surface area contributed by atoms with Crippen LogP contribution in [0, 0.1) is 0 Å². The normalized spacial score (nSPS) is 11.3. The molecule has 0 fully saturated rings. The van der Waals surface area contributed by atoms with Crippen LogP contribution in [-0.4, -0.2) is 32.1 Å². The van der Waals surface area contributed by atoms with Crippen molar-refractivity contribution in [3.8, 4) is 17.3 Å². The van der Waals surface area contributed by atoms with E-state index in [1.807, 2.05) is 0 Å². The Hall–Kier alpha value is -4.10. The van der Waals surface area contributed by atoms with Gasteiger partial charge in [-0.2, -0.15) is 0 Å². The number of aromatic carboxylic acids is 1. The minimum atomic E-state index is -1.26. The molecule has 1 heterocycles. The van der Waals surface area contributed by atoms with E-state index in [4.69, 9.17) is 16.7 Å². The minimum absolute atomic E-state index is 0.248. The average Bonchev–Trinajstić information content (AvgIpc) is 2.73. The molecule has 0 unspecified atom stereocenters. The van der Waals surface area contributed by atoms with Gasteiger partial charge in [0.15, 0.2) is 0 Å². The number of fused-ring (bicyclic) bond motifs is 1. The van der Waals surface area contributed by atoms with Crippen molar-refractivity contribution in [3.05, 3.63) is 93.2 Å². The van der Waals surface area contributed by atoms with Crippen LogP contribution in [0.25, 0.3) is 16.5 Å². The standard InChI is InChI=1S/C23H15ClN2O5/c24-13-4-3-5-15(10-13)26-21(28)17-7-2-1-6-16(17)19(22(26)29)12-25-14-8-9-18(23(30)31)20(27)11-14/h1-12,27,29H,(H,30,31). The van der Waals surface area contributed by atoms with Crippen molar-refractivity contribution in [1.82, 2.24) is 4.57 Å². The van der Waals surface area contributed by atoms with Crippen molar-refractivity contribution in [2.75, 3.05) is 0 Å². The average molecular weight is 435 g/mol. The molecule has 4 rings (SSSR count). The third-order valence-electron chi connectivity index (χ3n) is 4.72. The lowest BCUT2D eigenvalue weighted by Crippen LogP contribution is -2.20. The van der Waals surface area contributed by atoms with Crippen LogP contribution in [0.4, 0.5) is 5.69 Å². The van der Waals surface area contributed by atoms with E-state index < -0.39 is 17.3 Å². The molecule has 8 heteroatoms. The number of rotatable bonds is 4. The number of carboxylic acid groups (broad SMARTS) is 1. The summed E-state index contributed by atoms with van der Waals surface area (Å²) >= 11 is 6.06. The summed E-state index contributed by atoms with van der Waals surface area (Å²) < 4.78 is 1.14. The Morgan fingerprint density at radius 1 is 0.968 bits per heavy atom. The second kappa shape index (κ2) is 7.97. The van der Waals surface area contributed by atoms with Gasteiger partial charge in [0.25, 0.3) is 5.56 Å². The van der Waals surface area contributed by atoms with Gasteiger partial charge < -0.3 is 15.3 Å². The van der Waals surface area contributed by atoms with Crippen LogP contribution in [0.1, 0.15) is 15.9 Å². The summed E-state index contributed by atoms with van der Waals surface area (Å²) in [7, 11) is 0. The third kappa shape index (κ3) is 3.74. The van der Waals surface area contributed by atoms with Crippen LogP contribution >= 0.6 is 11.6 Å². The van der Waals surface area contributed by atoms with Crippen LogP contribution in [0.5, 0.6) is 11.6 Å². The van der Waals surface area contributed by atoms with E-state index in [0.29, 0.717) is 21.5 Å². The number of aliphatic imine (C=N–C) groups is 1. The SMILES string of the molecule is O=C(O)c1ccc(N=Cc2c(O)n(-c3cccc(Cl)c3)c(=O)c3ccccc23)cc1O. The zero-order valence-corrected chi connectivity index (χ0v) is 16.6. The molecule has 0 saturated heterocycles. The number of carbonyl (C=O) groups is 1. The lowest BCUT2D eigenvalue weighted by atomic mass is 10.1. The van der Waals surface area contributed by atoms with Gasteiger partial charge in [-0.1, -0.05) is 35.9 Å². The number of phenols is 1. The molecular formula is C23H15ClN2O5. The fourth-order valence-corrected chi connectivity index (χ4v) is 3.45. The van der Waals surface area contributed by atoms with Gasteiger partial charge in [0.05, 0.1) is 16.9 Å². The fraction of sp³-hybridized carbons (Fsp3) is 0. The molecule has 0 saturated carbocycles. The number of hydrogen-bond donors (Lipinski definition) is 3. The first-order valence-corrected chi connectivity index (χ1v) is 9.47.